The maximum atomic E-state index is 14.3. The smallest absolute Gasteiger partial charge is 0.376 e. The van der Waals surface area contributed by atoms with E-state index in [2.05, 4.69) is 15.3 Å². The second kappa shape index (κ2) is 7.74. The van der Waals surface area contributed by atoms with Crippen LogP contribution < -0.4 is 5.32 Å². The molecule has 1 aliphatic carbocycles. The SMILES string of the molecule is C[C@](O)(c1ccc2ncc(-c3cc(F)cc(N[C@H]4CCCC[C@@H]4F)n3)n2c1)C(F)(F)F. The Kier molecular flexibility index (Phi) is 5.36. The topological polar surface area (TPSA) is 62.5 Å². The molecule has 0 amide bonds. The zero-order valence-corrected chi connectivity index (χ0v) is 16.6. The van der Waals surface area contributed by atoms with Crippen LogP contribution in [0.2, 0.25) is 0 Å². The summed E-state index contributed by atoms with van der Waals surface area (Å²) in [5, 5.41) is 12.9. The second-order valence-electron chi connectivity index (χ2n) is 7.97. The highest BCUT2D eigenvalue weighted by molar-refractivity contribution is 5.62. The third-order valence-corrected chi connectivity index (χ3v) is 5.69. The highest BCUT2D eigenvalue weighted by Gasteiger charge is 2.51. The molecule has 1 fully saturated rings. The van der Waals surface area contributed by atoms with Gasteiger partial charge in [0.15, 0.2) is 5.60 Å². The largest absolute Gasteiger partial charge is 0.421 e. The van der Waals surface area contributed by atoms with E-state index in [0.717, 1.165) is 37.2 Å². The molecule has 0 spiro atoms. The van der Waals surface area contributed by atoms with Crippen molar-refractivity contribution < 1.29 is 27.1 Å². The molecule has 3 aromatic heterocycles. The summed E-state index contributed by atoms with van der Waals surface area (Å²) in [4.78, 5) is 8.46. The molecule has 0 radical (unpaired) electrons. The highest BCUT2D eigenvalue weighted by atomic mass is 19.4. The van der Waals surface area contributed by atoms with Crippen molar-refractivity contribution in [2.24, 2.45) is 0 Å². The number of fused-ring (bicyclic) bond motifs is 1. The first kappa shape index (κ1) is 21.5. The highest BCUT2D eigenvalue weighted by Crippen LogP contribution is 2.38. The Morgan fingerprint density at radius 1 is 1.16 bits per heavy atom. The molecule has 10 heteroatoms. The molecular weight excluding hydrogens is 419 g/mol. The Labute approximate surface area is 174 Å². The maximum absolute atomic E-state index is 14.3. The van der Waals surface area contributed by atoms with E-state index in [4.69, 9.17) is 0 Å². The van der Waals surface area contributed by atoms with Gasteiger partial charge in [-0.15, -0.1) is 0 Å². The molecule has 2 N–H and O–H groups in total. The van der Waals surface area contributed by atoms with Crippen molar-refractivity contribution in [1.82, 2.24) is 14.4 Å². The van der Waals surface area contributed by atoms with Gasteiger partial charge in [0.05, 0.1) is 23.6 Å². The van der Waals surface area contributed by atoms with Crippen molar-refractivity contribution >= 4 is 11.5 Å². The third-order valence-electron chi connectivity index (χ3n) is 5.69. The Hall–Kier alpha value is -2.75. The lowest BCUT2D eigenvalue weighted by molar-refractivity contribution is -0.259. The standard InChI is InChI=1S/C21H21F5N4O/c1-20(31,21(24,25)26)12-6-7-19-27-10-17(30(19)11-12)16-8-13(22)9-18(29-16)28-15-5-3-2-4-14(15)23/h6-11,14-15,31H,2-5H2,1H3,(H,28,29)/t14-,15-,20-/m0/s1. The Bertz CT molecular complexity index is 1100. The number of aromatic nitrogens is 3. The molecule has 0 unspecified atom stereocenters. The summed E-state index contributed by atoms with van der Waals surface area (Å²) in [7, 11) is 0. The fourth-order valence-electron chi connectivity index (χ4n) is 3.76. The Morgan fingerprint density at radius 2 is 1.90 bits per heavy atom. The van der Waals surface area contributed by atoms with Crippen LogP contribution in [0.15, 0.2) is 36.7 Å². The van der Waals surface area contributed by atoms with Crippen LogP contribution in [0.4, 0.5) is 27.8 Å². The summed E-state index contributed by atoms with van der Waals surface area (Å²) in [5.41, 5.74) is -2.83. The Balaban J connectivity index is 1.73. The summed E-state index contributed by atoms with van der Waals surface area (Å²) >= 11 is 0. The first-order valence-corrected chi connectivity index (χ1v) is 9.91. The van der Waals surface area contributed by atoms with Crippen molar-refractivity contribution in [3.8, 4) is 11.4 Å². The van der Waals surface area contributed by atoms with E-state index in [9.17, 15) is 27.1 Å². The average molecular weight is 440 g/mol. The number of imidazole rings is 1. The molecular formula is C21H21F5N4O. The van der Waals surface area contributed by atoms with Gasteiger partial charge in [0.2, 0.25) is 0 Å². The molecule has 166 valence electrons. The van der Waals surface area contributed by atoms with Crippen LogP contribution >= 0.6 is 0 Å². The quantitative estimate of drug-likeness (QED) is 0.561. The summed E-state index contributed by atoms with van der Waals surface area (Å²) in [6.45, 7) is 0.658. The molecule has 0 saturated heterocycles. The van der Waals surface area contributed by atoms with Crippen LogP contribution in [-0.4, -0.2) is 37.9 Å². The van der Waals surface area contributed by atoms with Crippen molar-refractivity contribution in [3.63, 3.8) is 0 Å². The number of alkyl halides is 4. The van der Waals surface area contributed by atoms with Crippen molar-refractivity contribution in [1.29, 1.82) is 0 Å². The zero-order valence-electron chi connectivity index (χ0n) is 16.6. The molecule has 5 nitrogen and oxygen atoms in total. The van der Waals surface area contributed by atoms with Gasteiger partial charge in [-0.1, -0.05) is 18.9 Å². The minimum absolute atomic E-state index is 0.116. The first-order valence-electron chi connectivity index (χ1n) is 9.91. The zero-order chi connectivity index (χ0) is 22.4. The van der Waals surface area contributed by atoms with E-state index < -0.39 is 35.4 Å². The molecule has 3 heterocycles. The van der Waals surface area contributed by atoms with E-state index in [1.165, 1.54) is 16.7 Å². The van der Waals surface area contributed by atoms with E-state index in [1.54, 1.807) is 0 Å². The van der Waals surface area contributed by atoms with Gasteiger partial charge in [0.25, 0.3) is 0 Å². The molecule has 31 heavy (non-hydrogen) atoms. The average Bonchev–Trinajstić information content (AvgIpc) is 3.12. The predicted octanol–water partition coefficient (Wildman–Crippen LogP) is 5.00. The normalized spacial score (nSPS) is 21.8. The van der Waals surface area contributed by atoms with Crippen LogP contribution in [0.25, 0.3) is 17.0 Å². The molecule has 4 rings (SSSR count). The molecule has 3 aromatic rings. The van der Waals surface area contributed by atoms with Crippen LogP contribution in [0.5, 0.6) is 0 Å². The number of pyridine rings is 2. The van der Waals surface area contributed by atoms with Gasteiger partial charge in [0, 0.05) is 23.9 Å². The number of hydrogen-bond acceptors (Lipinski definition) is 4. The Morgan fingerprint density at radius 3 is 2.61 bits per heavy atom. The van der Waals surface area contributed by atoms with Crippen molar-refractivity contribution in [2.45, 2.75) is 56.6 Å². The molecule has 0 aliphatic heterocycles. The number of anilines is 1. The van der Waals surface area contributed by atoms with Gasteiger partial charge >= 0.3 is 6.18 Å². The summed E-state index contributed by atoms with van der Waals surface area (Å²) in [6.07, 6.45) is -0.823. The lowest BCUT2D eigenvalue weighted by atomic mass is 9.93. The monoisotopic (exact) mass is 440 g/mol. The number of nitrogens with zero attached hydrogens (tertiary/aromatic N) is 3. The van der Waals surface area contributed by atoms with E-state index in [-0.39, 0.29) is 17.2 Å². The number of rotatable bonds is 4. The lowest BCUT2D eigenvalue weighted by Crippen LogP contribution is -2.39. The number of nitrogens with one attached hydrogen (secondary N) is 1. The molecule has 3 atom stereocenters. The fraction of sp³-hybridized carbons (Fsp3) is 0.429. The van der Waals surface area contributed by atoms with Gasteiger partial charge in [-0.2, -0.15) is 13.2 Å². The summed E-state index contributed by atoms with van der Waals surface area (Å²) in [6, 6.07) is 4.25. The van der Waals surface area contributed by atoms with Crippen molar-refractivity contribution in [3.05, 3.63) is 48.0 Å². The van der Waals surface area contributed by atoms with Crippen LogP contribution in [-0.2, 0) is 5.60 Å². The van der Waals surface area contributed by atoms with Gasteiger partial charge in [-0.25, -0.2) is 18.7 Å². The predicted molar refractivity (Wildman–Crippen MR) is 105 cm³/mol. The number of halogens is 5. The minimum atomic E-state index is -4.89. The maximum Gasteiger partial charge on any atom is 0.421 e. The molecule has 0 bridgehead atoms. The van der Waals surface area contributed by atoms with E-state index in [0.29, 0.717) is 25.4 Å². The van der Waals surface area contributed by atoms with Crippen LogP contribution in [0, 0.1) is 5.82 Å². The molecule has 0 aromatic carbocycles. The summed E-state index contributed by atoms with van der Waals surface area (Å²) < 4.78 is 69.5. The molecule has 1 saturated carbocycles. The van der Waals surface area contributed by atoms with Gasteiger partial charge in [-0.05, 0) is 25.8 Å². The van der Waals surface area contributed by atoms with Crippen LogP contribution in [0.1, 0.15) is 38.2 Å². The number of hydrogen-bond donors (Lipinski definition) is 2. The van der Waals surface area contributed by atoms with Gasteiger partial charge in [-0.3, -0.25) is 4.40 Å². The van der Waals surface area contributed by atoms with Gasteiger partial charge in [0.1, 0.15) is 23.5 Å². The van der Waals surface area contributed by atoms with Crippen LogP contribution in [0.3, 0.4) is 0 Å². The third kappa shape index (κ3) is 4.08. The molecule has 1 aliphatic rings. The van der Waals surface area contributed by atoms with Gasteiger partial charge < -0.3 is 10.4 Å². The second-order valence-corrected chi connectivity index (χ2v) is 7.97. The lowest BCUT2D eigenvalue weighted by Gasteiger charge is -2.27. The van der Waals surface area contributed by atoms with Crippen molar-refractivity contribution in [2.75, 3.05) is 5.32 Å². The minimum Gasteiger partial charge on any atom is -0.376 e. The van der Waals surface area contributed by atoms with E-state index in [1.807, 2.05) is 0 Å². The van der Waals surface area contributed by atoms with E-state index >= 15 is 0 Å². The summed E-state index contributed by atoms with van der Waals surface area (Å²) in [5.74, 6) is -0.495. The fourth-order valence-corrected chi connectivity index (χ4v) is 3.76. The first-order chi connectivity index (χ1) is 14.6. The number of aliphatic hydroxyl groups is 1.